The lowest BCUT2D eigenvalue weighted by Crippen LogP contribution is -2.34. The number of benzene rings is 2. The van der Waals surface area contributed by atoms with E-state index < -0.39 is 12.1 Å². The number of rotatable bonds is 5. The first-order chi connectivity index (χ1) is 13.5. The van der Waals surface area contributed by atoms with Crippen molar-refractivity contribution in [2.75, 3.05) is 13.7 Å². The molecule has 0 aromatic heterocycles. The molecule has 0 bridgehead atoms. The lowest BCUT2D eigenvalue weighted by atomic mass is 9.97. The second-order valence-electron chi connectivity index (χ2n) is 7.61. The summed E-state index contributed by atoms with van der Waals surface area (Å²) in [4.78, 5) is 0. The first kappa shape index (κ1) is 24.8. The molecule has 1 fully saturated rings. The smallest absolute Gasteiger partial charge is 0.395 e. The van der Waals surface area contributed by atoms with Crippen LogP contribution in [0.2, 0.25) is 0 Å². The summed E-state index contributed by atoms with van der Waals surface area (Å²) in [7, 11) is 1.57. The van der Waals surface area contributed by atoms with E-state index in [1.807, 2.05) is 18.2 Å². The predicted octanol–water partition coefficient (Wildman–Crippen LogP) is 5.32. The minimum Gasteiger partial charge on any atom is -0.496 e. The molecule has 0 spiro atoms. The summed E-state index contributed by atoms with van der Waals surface area (Å²) in [6, 6.07) is 14.1. The van der Waals surface area contributed by atoms with Crippen molar-refractivity contribution in [1.29, 1.82) is 0 Å². The summed E-state index contributed by atoms with van der Waals surface area (Å²) in [5.41, 5.74) is 3.17. The van der Waals surface area contributed by atoms with Crippen LogP contribution in [0.1, 0.15) is 47.1 Å². The molecule has 0 saturated carbocycles. The fourth-order valence-corrected chi connectivity index (χ4v) is 4.52. The van der Waals surface area contributed by atoms with Crippen molar-refractivity contribution in [2.45, 2.75) is 50.0 Å². The monoisotopic (exact) mass is 462 g/mol. The maximum atomic E-state index is 13.4. The molecule has 2 N–H and O–H groups in total. The zero-order valence-corrected chi connectivity index (χ0v) is 18.3. The van der Waals surface area contributed by atoms with Crippen LogP contribution in [0.3, 0.4) is 0 Å². The Bertz CT molecular complexity index is 833. The van der Waals surface area contributed by atoms with Gasteiger partial charge in [-0.15, -0.1) is 24.8 Å². The molecule has 4 rings (SSSR count). The van der Waals surface area contributed by atoms with Gasteiger partial charge in [0.25, 0.3) is 0 Å². The molecule has 3 unspecified atom stereocenters. The van der Waals surface area contributed by atoms with Crippen molar-refractivity contribution >= 4 is 24.8 Å². The van der Waals surface area contributed by atoms with E-state index in [-0.39, 0.29) is 43.3 Å². The molecule has 1 saturated heterocycles. The van der Waals surface area contributed by atoms with Gasteiger partial charge in [-0.3, -0.25) is 0 Å². The van der Waals surface area contributed by atoms with Gasteiger partial charge in [0.15, 0.2) is 0 Å². The fourth-order valence-electron chi connectivity index (χ4n) is 4.52. The van der Waals surface area contributed by atoms with Gasteiger partial charge >= 0.3 is 6.18 Å². The zero-order chi connectivity index (χ0) is 19.7. The van der Waals surface area contributed by atoms with Crippen LogP contribution < -0.4 is 15.4 Å². The number of halogens is 5. The number of hydrogen-bond acceptors (Lipinski definition) is 3. The van der Waals surface area contributed by atoms with E-state index in [4.69, 9.17) is 4.74 Å². The van der Waals surface area contributed by atoms with Crippen LogP contribution in [0.4, 0.5) is 13.2 Å². The molecule has 1 heterocycles. The summed E-state index contributed by atoms with van der Waals surface area (Å²) in [5.74, 6) is -0.700. The SMILES string of the molecule is COc1cc2c(cc1CNC1CCNC1c1ccccc1)C(C(F)(F)F)CC2.Cl.Cl. The van der Waals surface area contributed by atoms with Gasteiger partial charge in [-0.2, -0.15) is 13.2 Å². The van der Waals surface area contributed by atoms with Gasteiger partial charge in [0, 0.05) is 24.2 Å². The highest BCUT2D eigenvalue weighted by Gasteiger charge is 2.44. The van der Waals surface area contributed by atoms with Gasteiger partial charge in [0.1, 0.15) is 5.75 Å². The Morgan fingerprint density at radius 2 is 1.83 bits per heavy atom. The Labute approximate surface area is 187 Å². The van der Waals surface area contributed by atoms with Gasteiger partial charge in [-0.25, -0.2) is 0 Å². The summed E-state index contributed by atoms with van der Waals surface area (Å²) in [6.45, 7) is 1.39. The van der Waals surface area contributed by atoms with Gasteiger partial charge in [-0.05, 0) is 54.6 Å². The highest BCUT2D eigenvalue weighted by atomic mass is 35.5. The summed E-state index contributed by atoms with van der Waals surface area (Å²) < 4.78 is 45.6. The molecule has 166 valence electrons. The van der Waals surface area contributed by atoms with Crippen molar-refractivity contribution in [3.8, 4) is 5.75 Å². The van der Waals surface area contributed by atoms with Crippen LogP contribution in [-0.4, -0.2) is 25.9 Å². The van der Waals surface area contributed by atoms with E-state index in [1.165, 1.54) is 5.56 Å². The topological polar surface area (TPSA) is 33.3 Å². The molecule has 0 amide bonds. The van der Waals surface area contributed by atoms with E-state index in [0.717, 1.165) is 24.1 Å². The number of nitrogens with one attached hydrogen (secondary N) is 2. The average molecular weight is 463 g/mol. The van der Waals surface area contributed by atoms with Gasteiger partial charge in [0.05, 0.1) is 13.0 Å². The van der Waals surface area contributed by atoms with Gasteiger partial charge in [0.2, 0.25) is 0 Å². The van der Waals surface area contributed by atoms with Crippen molar-refractivity contribution in [2.24, 2.45) is 0 Å². The van der Waals surface area contributed by atoms with Crippen molar-refractivity contribution < 1.29 is 17.9 Å². The molecule has 8 heteroatoms. The number of ether oxygens (including phenoxy) is 1. The minimum absolute atomic E-state index is 0. The fraction of sp³-hybridized carbons (Fsp3) is 0.455. The summed E-state index contributed by atoms with van der Waals surface area (Å²) >= 11 is 0. The van der Waals surface area contributed by atoms with Crippen molar-refractivity contribution in [3.63, 3.8) is 0 Å². The van der Waals surface area contributed by atoms with E-state index >= 15 is 0 Å². The lowest BCUT2D eigenvalue weighted by Gasteiger charge is -2.23. The quantitative estimate of drug-likeness (QED) is 0.630. The van der Waals surface area contributed by atoms with Crippen LogP contribution in [-0.2, 0) is 13.0 Å². The van der Waals surface area contributed by atoms with Crippen LogP contribution in [0.15, 0.2) is 42.5 Å². The molecule has 2 aliphatic rings. The third-order valence-electron chi connectivity index (χ3n) is 5.95. The lowest BCUT2D eigenvalue weighted by molar-refractivity contribution is -0.149. The van der Waals surface area contributed by atoms with Crippen LogP contribution in [0, 0.1) is 0 Å². The molecule has 1 aliphatic heterocycles. The Morgan fingerprint density at radius 1 is 1.10 bits per heavy atom. The predicted molar refractivity (Wildman–Crippen MR) is 117 cm³/mol. The number of aryl methyl sites for hydroxylation is 1. The number of hydrogen-bond donors (Lipinski definition) is 2. The number of alkyl halides is 3. The summed E-state index contributed by atoms with van der Waals surface area (Å²) in [5, 5.41) is 7.06. The third kappa shape index (κ3) is 5.05. The highest BCUT2D eigenvalue weighted by molar-refractivity contribution is 5.85. The van der Waals surface area contributed by atoms with Crippen molar-refractivity contribution in [3.05, 3.63) is 64.7 Å². The molecule has 1 aliphatic carbocycles. The van der Waals surface area contributed by atoms with Crippen LogP contribution >= 0.6 is 24.8 Å². The largest absolute Gasteiger partial charge is 0.496 e. The first-order valence-electron chi connectivity index (χ1n) is 9.75. The Balaban J connectivity index is 0.00000160. The maximum Gasteiger partial charge on any atom is 0.395 e. The Kier molecular flexibility index (Phi) is 8.45. The molecule has 2 aromatic carbocycles. The van der Waals surface area contributed by atoms with Crippen LogP contribution in [0.5, 0.6) is 5.75 Å². The molecular formula is C22H27Cl2F3N2O. The van der Waals surface area contributed by atoms with Gasteiger partial charge < -0.3 is 15.4 Å². The molecule has 3 nitrogen and oxygen atoms in total. The zero-order valence-electron chi connectivity index (χ0n) is 16.7. The van der Waals surface area contributed by atoms with E-state index in [9.17, 15) is 13.2 Å². The molecular weight excluding hydrogens is 436 g/mol. The van der Waals surface area contributed by atoms with Crippen LogP contribution in [0.25, 0.3) is 0 Å². The Hall–Kier alpha value is -1.47. The standard InChI is InChI=1S/C22H25F3N2O.2ClH/c1-28-20-12-15-7-8-18(22(23,24)25)17(15)11-16(20)13-27-19-9-10-26-21(19)14-5-3-2-4-6-14;;/h2-6,11-12,18-19,21,26-27H,7-10,13H2,1H3;2*1H. The average Bonchev–Trinajstić information content (AvgIpc) is 3.32. The molecule has 3 atom stereocenters. The summed E-state index contributed by atoms with van der Waals surface area (Å²) in [6.07, 6.45) is -2.65. The molecule has 2 aromatic rings. The molecule has 0 radical (unpaired) electrons. The first-order valence-corrected chi connectivity index (χ1v) is 9.75. The second-order valence-corrected chi connectivity index (χ2v) is 7.61. The number of methoxy groups -OCH3 is 1. The van der Waals surface area contributed by atoms with E-state index in [2.05, 4.69) is 22.8 Å². The normalized spacial score (nSPS) is 22.7. The molecule has 30 heavy (non-hydrogen) atoms. The second kappa shape index (κ2) is 10.2. The minimum atomic E-state index is -4.20. The third-order valence-corrected chi connectivity index (χ3v) is 5.95. The van der Waals surface area contributed by atoms with Crippen molar-refractivity contribution in [1.82, 2.24) is 10.6 Å². The van der Waals surface area contributed by atoms with Gasteiger partial charge in [-0.1, -0.05) is 30.3 Å². The number of fused-ring (bicyclic) bond motifs is 1. The van der Waals surface area contributed by atoms with E-state index in [1.54, 1.807) is 19.2 Å². The highest BCUT2D eigenvalue weighted by Crippen LogP contribution is 2.46. The maximum absolute atomic E-state index is 13.4. The van der Waals surface area contributed by atoms with E-state index in [0.29, 0.717) is 24.3 Å². The Morgan fingerprint density at radius 3 is 2.50 bits per heavy atom.